The number of aromatic nitrogens is 2. The van der Waals surface area contributed by atoms with Gasteiger partial charge < -0.3 is 15.8 Å². The predicted octanol–water partition coefficient (Wildman–Crippen LogP) is 2.98. The van der Waals surface area contributed by atoms with Gasteiger partial charge in [-0.05, 0) is 13.3 Å². The van der Waals surface area contributed by atoms with E-state index in [1.807, 2.05) is 27.1 Å². The van der Waals surface area contributed by atoms with Crippen LogP contribution in [0, 0.1) is 12.7 Å². The van der Waals surface area contributed by atoms with E-state index in [-0.39, 0.29) is 5.75 Å². The molecule has 0 bridgehead atoms. The Hall–Kier alpha value is -2.24. The molecule has 0 aliphatic heterocycles. The topological polar surface area (TPSA) is 65.1 Å². The Morgan fingerprint density at radius 3 is 2.75 bits per heavy atom. The van der Waals surface area contributed by atoms with Crippen LogP contribution in [0.2, 0.25) is 0 Å². The third-order valence-corrected chi connectivity index (χ3v) is 2.85. The molecule has 0 saturated carbocycles. The zero-order valence-electron chi connectivity index (χ0n) is 11.9. The number of anilines is 3. The van der Waals surface area contributed by atoms with Crippen LogP contribution >= 0.6 is 0 Å². The molecule has 0 atom stereocenters. The number of ether oxygens (including phenoxy) is 1. The lowest BCUT2D eigenvalue weighted by molar-refractivity contribution is 0.301. The highest BCUT2D eigenvalue weighted by molar-refractivity contribution is 5.74. The van der Waals surface area contributed by atoms with Gasteiger partial charge in [-0.1, -0.05) is 6.92 Å². The summed E-state index contributed by atoms with van der Waals surface area (Å²) in [5.41, 5.74) is 8.44. The molecular weight excluding hydrogens is 259 g/mol. The summed E-state index contributed by atoms with van der Waals surface area (Å²) < 4.78 is 20.8. The second kappa shape index (κ2) is 5.81. The average molecular weight is 278 g/mol. The number of hydrogen-bond donors (Lipinski definition) is 2. The summed E-state index contributed by atoms with van der Waals surface area (Å²) in [5.74, 6) is -0.255. The van der Waals surface area contributed by atoms with Gasteiger partial charge in [0.05, 0.1) is 29.4 Å². The van der Waals surface area contributed by atoms with E-state index in [2.05, 4.69) is 10.4 Å². The molecule has 0 saturated heterocycles. The van der Waals surface area contributed by atoms with Crippen molar-refractivity contribution in [3.63, 3.8) is 0 Å². The molecule has 5 nitrogen and oxygen atoms in total. The van der Waals surface area contributed by atoms with Gasteiger partial charge >= 0.3 is 0 Å². The SMILES string of the molecule is CCCOc1cc(Nc2cn(C)nc2C)c(N)cc1F. The van der Waals surface area contributed by atoms with Crippen molar-refractivity contribution in [3.8, 4) is 5.75 Å². The standard InChI is InChI=1S/C14H19FN4O/c1-4-5-20-14-7-12(11(16)6-10(14)15)17-13-8-19(3)18-9(13)2/h6-8,17H,4-5,16H2,1-3H3. The first-order valence-electron chi connectivity index (χ1n) is 6.50. The molecule has 0 radical (unpaired) electrons. The Kier molecular flexibility index (Phi) is 4.12. The fraction of sp³-hybridized carbons (Fsp3) is 0.357. The van der Waals surface area contributed by atoms with Crippen molar-refractivity contribution in [1.82, 2.24) is 9.78 Å². The zero-order valence-corrected chi connectivity index (χ0v) is 11.9. The predicted molar refractivity (Wildman–Crippen MR) is 77.8 cm³/mol. The number of halogens is 1. The maximum Gasteiger partial charge on any atom is 0.167 e. The van der Waals surface area contributed by atoms with Crippen LogP contribution in [-0.2, 0) is 7.05 Å². The quantitative estimate of drug-likeness (QED) is 0.825. The Morgan fingerprint density at radius 2 is 2.15 bits per heavy atom. The summed E-state index contributed by atoms with van der Waals surface area (Å²) >= 11 is 0. The van der Waals surface area contributed by atoms with E-state index in [1.165, 1.54) is 6.07 Å². The van der Waals surface area contributed by atoms with Crippen LogP contribution in [0.25, 0.3) is 0 Å². The first-order valence-corrected chi connectivity index (χ1v) is 6.50. The van der Waals surface area contributed by atoms with E-state index in [0.29, 0.717) is 18.0 Å². The van der Waals surface area contributed by atoms with Crippen molar-refractivity contribution in [1.29, 1.82) is 0 Å². The summed E-state index contributed by atoms with van der Waals surface area (Å²) in [6.07, 6.45) is 2.65. The van der Waals surface area contributed by atoms with Gasteiger partial charge in [-0.2, -0.15) is 5.10 Å². The van der Waals surface area contributed by atoms with Crippen LogP contribution in [-0.4, -0.2) is 16.4 Å². The minimum Gasteiger partial charge on any atom is -0.490 e. The molecule has 0 amide bonds. The molecular formula is C14H19FN4O. The van der Waals surface area contributed by atoms with Crippen LogP contribution in [0.15, 0.2) is 18.3 Å². The van der Waals surface area contributed by atoms with Gasteiger partial charge in [0.15, 0.2) is 11.6 Å². The lowest BCUT2D eigenvalue weighted by Crippen LogP contribution is -2.02. The Balaban J connectivity index is 2.29. The largest absolute Gasteiger partial charge is 0.490 e. The van der Waals surface area contributed by atoms with Crippen molar-refractivity contribution >= 4 is 17.1 Å². The zero-order chi connectivity index (χ0) is 14.7. The molecule has 108 valence electrons. The van der Waals surface area contributed by atoms with Crippen molar-refractivity contribution in [2.24, 2.45) is 7.05 Å². The van der Waals surface area contributed by atoms with Gasteiger partial charge in [-0.15, -0.1) is 0 Å². The van der Waals surface area contributed by atoms with E-state index < -0.39 is 5.82 Å². The minimum atomic E-state index is -0.454. The Labute approximate surface area is 117 Å². The van der Waals surface area contributed by atoms with Crippen LogP contribution in [0.3, 0.4) is 0 Å². The minimum absolute atomic E-state index is 0.199. The van der Waals surface area contributed by atoms with Crippen LogP contribution in [0.4, 0.5) is 21.5 Å². The second-order valence-corrected chi connectivity index (χ2v) is 4.65. The Bertz CT molecular complexity index is 609. The van der Waals surface area contributed by atoms with Gasteiger partial charge in [-0.3, -0.25) is 4.68 Å². The van der Waals surface area contributed by atoms with E-state index in [9.17, 15) is 4.39 Å². The average Bonchev–Trinajstić information content (AvgIpc) is 2.69. The molecule has 0 fully saturated rings. The summed E-state index contributed by atoms with van der Waals surface area (Å²) in [6.45, 7) is 4.32. The van der Waals surface area contributed by atoms with Crippen molar-refractivity contribution in [2.45, 2.75) is 20.3 Å². The summed E-state index contributed by atoms with van der Waals surface area (Å²) in [6, 6.07) is 2.84. The fourth-order valence-corrected chi connectivity index (χ4v) is 1.87. The van der Waals surface area contributed by atoms with Gasteiger partial charge in [0.25, 0.3) is 0 Å². The molecule has 3 N–H and O–H groups in total. The molecule has 20 heavy (non-hydrogen) atoms. The van der Waals surface area contributed by atoms with Crippen LogP contribution in [0.5, 0.6) is 5.75 Å². The van der Waals surface area contributed by atoms with Gasteiger partial charge in [0.1, 0.15) is 0 Å². The molecule has 2 rings (SSSR count). The molecule has 0 aliphatic rings. The normalized spacial score (nSPS) is 10.6. The highest BCUT2D eigenvalue weighted by atomic mass is 19.1. The maximum atomic E-state index is 13.7. The molecule has 6 heteroatoms. The molecule has 0 spiro atoms. The third-order valence-electron chi connectivity index (χ3n) is 2.85. The third kappa shape index (κ3) is 3.01. The highest BCUT2D eigenvalue weighted by Gasteiger charge is 2.11. The number of aryl methyl sites for hydroxylation is 2. The lowest BCUT2D eigenvalue weighted by atomic mass is 10.2. The van der Waals surface area contributed by atoms with Crippen LogP contribution in [0.1, 0.15) is 19.0 Å². The summed E-state index contributed by atoms with van der Waals surface area (Å²) in [5, 5.41) is 7.38. The highest BCUT2D eigenvalue weighted by Crippen LogP contribution is 2.31. The van der Waals surface area contributed by atoms with E-state index in [4.69, 9.17) is 10.5 Å². The van der Waals surface area contributed by atoms with Crippen molar-refractivity contribution in [2.75, 3.05) is 17.7 Å². The van der Waals surface area contributed by atoms with E-state index in [0.717, 1.165) is 17.8 Å². The molecule has 0 aliphatic carbocycles. The number of nitrogens with one attached hydrogen (secondary N) is 1. The van der Waals surface area contributed by atoms with E-state index >= 15 is 0 Å². The number of nitrogens with two attached hydrogens (primary N) is 1. The van der Waals surface area contributed by atoms with E-state index in [1.54, 1.807) is 10.7 Å². The number of hydrogen-bond acceptors (Lipinski definition) is 4. The smallest absolute Gasteiger partial charge is 0.167 e. The summed E-state index contributed by atoms with van der Waals surface area (Å²) in [4.78, 5) is 0. The maximum absolute atomic E-state index is 13.7. The Morgan fingerprint density at radius 1 is 1.40 bits per heavy atom. The van der Waals surface area contributed by atoms with Gasteiger partial charge in [0.2, 0.25) is 0 Å². The fourth-order valence-electron chi connectivity index (χ4n) is 1.87. The van der Waals surface area contributed by atoms with Crippen molar-refractivity contribution < 1.29 is 9.13 Å². The number of nitrogen functional groups attached to an aromatic ring is 1. The summed E-state index contributed by atoms with van der Waals surface area (Å²) in [7, 11) is 1.84. The molecule has 0 unspecified atom stereocenters. The number of benzene rings is 1. The molecule has 1 aromatic heterocycles. The lowest BCUT2D eigenvalue weighted by Gasteiger charge is -2.12. The molecule has 1 heterocycles. The number of nitrogens with zero attached hydrogens (tertiary/aromatic N) is 2. The molecule has 2 aromatic rings. The van der Waals surface area contributed by atoms with Gasteiger partial charge in [0, 0.05) is 25.4 Å². The first-order chi connectivity index (χ1) is 9.51. The molecule has 1 aromatic carbocycles. The van der Waals surface area contributed by atoms with Crippen LogP contribution < -0.4 is 15.8 Å². The second-order valence-electron chi connectivity index (χ2n) is 4.65. The first kappa shape index (κ1) is 14.2. The monoisotopic (exact) mass is 278 g/mol. The van der Waals surface area contributed by atoms with Crippen molar-refractivity contribution in [3.05, 3.63) is 29.8 Å². The van der Waals surface area contributed by atoms with Gasteiger partial charge in [-0.25, -0.2) is 4.39 Å². The number of rotatable bonds is 5.